The molecule has 0 amide bonds. The van der Waals surface area contributed by atoms with Crippen molar-refractivity contribution in [1.29, 1.82) is 0 Å². The van der Waals surface area contributed by atoms with Crippen LogP contribution in [0.5, 0.6) is 0 Å². The Morgan fingerprint density at radius 3 is 2.35 bits per heavy atom. The van der Waals surface area contributed by atoms with Gasteiger partial charge in [0.2, 0.25) is 5.82 Å². The Kier molecular flexibility index (Phi) is 5.85. The number of rotatable bonds is 6. The van der Waals surface area contributed by atoms with E-state index in [-0.39, 0.29) is 18.6 Å². The topological polar surface area (TPSA) is 86.8 Å². The molecule has 2 aromatic carbocycles. The van der Waals surface area contributed by atoms with Gasteiger partial charge in [0.1, 0.15) is 5.54 Å². The lowest BCUT2D eigenvalue weighted by Crippen LogP contribution is -2.73. The summed E-state index contributed by atoms with van der Waals surface area (Å²) in [4.78, 5) is 4.43. The number of hydrogen-bond donors (Lipinski definition) is 2. The van der Waals surface area contributed by atoms with Crippen LogP contribution in [0.2, 0.25) is 0 Å². The fourth-order valence-corrected chi connectivity index (χ4v) is 4.10. The van der Waals surface area contributed by atoms with E-state index in [1.807, 2.05) is 12.1 Å². The Morgan fingerprint density at radius 2 is 1.74 bits per heavy atom. The Balaban J connectivity index is 1.43. The maximum absolute atomic E-state index is 12.4. The molecular formula is C23H25F3N3O2+. The van der Waals surface area contributed by atoms with Gasteiger partial charge < -0.3 is 15.4 Å². The first-order chi connectivity index (χ1) is 14.7. The lowest BCUT2D eigenvalue weighted by atomic mass is 9.93. The van der Waals surface area contributed by atoms with Crippen LogP contribution in [-0.4, -0.2) is 33.6 Å². The van der Waals surface area contributed by atoms with Crippen molar-refractivity contribution in [1.82, 2.24) is 10.1 Å². The first kappa shape index (κ1) is 21.5. The molecule has 1 aromatic heterocycles. The number of quaternary nitrogens is 1. The van der Waals surface area contributed by atoms with Gasteiger partial charge in [-0.15, -0.1) is 0 Å². The Morgan fingerprint density at radius 1 is 1.06 bits per heavy atom. The molecule has 0 spiro atoms. The van der Waals surface area contributed by atoms with Crippen molar-refractivity contribution >= 4 is 0 Å². The van der Waals surface area contributed by atoms with Crippen molar-refractivity contribution in [2.24, 2.45) is 0 Å². The lowest BCUT2D eigenvalue weighted by molar-refractivity contribution is -0.481. The van der Waals surface area contributed by atoms with Crippen LogP contribution in [-0.2, 0) is 6.42 Å². The van der Waals surface area contributed by atoms with Gasteiger partial charge in [0.05, 0.1) is 6.61 Å². The SMILES string of the molecule is [NH3+]C1(CO)CCC(c2ccc(-c3noc(-c4ccc(CCC(F)(F)F)cc4)n3)cc2)C1. The maximum atomic E-state index is 12.4. The minimum atomic E-state index is -4.16. The minimum absolute atomic E-state index is 0.0558. The van der Waals surface area contributed by atoms with E-state index in [4.69, 9.17) is 4.52 Å². The number of halogens is 3. The second-order valence-corrected chi connectivity index (χ2v) is 8.46. The minimum Gasteiger partial charge on any atom is -0.390 e. The summed E-state index contributed by atoms with van der Waals surface area (Å²) >= 11 is 0. The monoisotopic (exact) mass is 432 g/mol. The van der Waals surface area contributed by atoms with Crippen molar-refractivity contribution in [2.75, 3.05) is 6.61 Å². The number of aryl methyl sites for hydroxylation is 1. The highest BCUT2D eigenvalue weighted by Crippen LogP contribution is 2.38. The summed E-state index contributed by atoms with van der Waals surface area (Å²) in [6, 6.07) is 14.7. The molecular weight excluding hydrogens is 407 g/mol. The summed E-state index contributed by atoms with van der Waals surface area (Å²) < 4.78 is 42.5. The molecule has 0 aliphatic heterocycles. The quantitative estimate of drug-likeness (QED) is 0.613. The van der Waals surface area contributed by atoms with Crippen molar-refractivity contribution < 1.29 is 28.5 Å². The molecule has 4 rings (SSSR count). The molecule has 8 heteroatoms. The number of benzene rings is 2. The van der Waals surface area contributed by atoms with E-state index in [1.165, 1.54) is 5.56 Å². The van der Waals surface area contributed by atoms with Gasteiger partial charge in [-0.05, 0) is 42.0 Å². The van der Waals surface area contributed by atoms with Crippen LogP contribution in [0, 0.1) is 0 Å². The normalized spacial score (nSPS) is 21.5. The second kappa shape index (κ2) is 8.43. The van der Waals surface area contributed by atoms with Gasteiger partial charge >= 0.3 is 6.18 Å². The van der Waals surface area contributed by atoms with E-state index < -0.39 is 12.6 Å². The Labute approximate surface area is 178 Å². The molecule has 4 N–H and O–H groups in total. The van der Waals surface area contributed by atoms with Crippen LogP contribution in [0.1, 0.15) is 42.7 Å². The molecule has 31 heavy (non-hydrogen) atoms. The van der Waals surface area contributed by atoms with Gasteiger partial charge in [-0.2, -0.15) is 18.2 Å². The highest BCUT2D eigenvalue weighted by atomic mass is 19.4. The maximum Gasteiger partial charge on any atom is 0.389 e. The number of hydrogen-bond acceptors (Lipinski definition) is 4. The predicted molar refractivity (Wildman–Crippen MR) is 109 cm³/mol. The molecule has 3 aromatic rings. The molecule has 1 heterocycles. The third-order valence-electron chi connectivity index (χ3n) is 6.00. The van der Waals surface area contributed by atoms with E-state index >= 15 is 0 Å². The standard InChI is InChI=1S/C23H24F3N3O2/c24-23(25,26)12-9-15-1-3-18(4-2-15)21-28-20(29-31-21)17-7-5-16(6-8-17)19-10-11-22(27,13-19)14-30/h1-8,19,30H,9-14,27H2/p+1. The van der Waals surface area contributed by atoms with Gasteiger partial charge in [-0.1, -0.05) is 41.6 Å². The zero-order valence-corrected chi connectivity index (χ0v) is 17.0. The summed E-state index contributed by atoms with van der Waals surface area (Å²) in [5, 5.41) is 13.6. The van der Waals surface area contributed by atoms with Crippen molar-refractivity contribution in [3.63, 3.8) is 0 Å². The zero-order chi connectivity index (χ0) is 22.1. The number of aliphatic hydroxyl groups excluding tert-OH is 1. The average molecular weight is 432 g/mol. The molecule has 164 valence electrons. The molecule has 2 atom stereocenters. The van der Waals surface area contributed by atoms with E-state index in [0.717, 1.165) is 24.8 Å². The highest BCUT2D eigenvalue weighted by molar-refractivity contribution is 5.60. The highest BCUT2D eigenvalue weighted by Gasteiger charge is 2.39. The molecule has 1 fully saturated rings. The first-order valence-corrected chi connectivity index (χ1v) is 10.3. The molecule has 1 saturated carbocycles. The van der Waals surface area contributed by atoms with Crippen molar-refractivity contribution in [2.45, 2.75) is 49.7 Å². The van der Waals surface area contributed by atoms with Crippen LogP contribution in [0.4, 0.5) is 13.2 Å². The first-order valence-electron chi connectivity index (χ1n) is 10.3. The Hall–Kier alpha value is -2.71. The fourth-order valence-electron chi connectivity index (χ4n) is 4.10. The summed E-state index contributed by atoms with van der Waals surface area (Å²) in [5.74, 6) is 1.16. The van der Waals surface area contributed by atoms with Gasteiger partial charge in [0.25, 0.3) is 5.89 Å². The number of aromatic nitrogens is 2. The smallest absolute Gasteiger partial charge is 0.389 e. The van der Waals surface area contributed by atoms with E-state index in [1.54, 1.807) is 24.3 Å². The van der Waals surface area contributed by atoms with E-state index in [0.29, 0.717) is 28.8 Å². The third kappa shape index (κ3) is 5.14. The number of nitrogens with zero attached hydrogens (tertiary/aromatic N) is 2. The summed E-state index contributed by atoms with van der Waals surface area (Å²) in [6.07, 6.45) is -2.27. The molecule has 5 nitrogen and oxygen atoms in total. The average Bonchev–Trinajstić information content (AvgIpc) is 3.40. The van der Waals surface area contributed by atoms with Crippen LogP contribution in [0.3, 0.4) is 0 Å². The molecule has 0 saturated heterocycles. The van der Waals surface area contributed by atoms with Crippen molar-refractivity contribution in [3.8, 4) is 22.8 Å². The molecule has 0 radical (unpaired) electrons. The molecule has 1 aliphatic rings. The third-order valence-corrected chi connectivity index (χ3v) is 6.00. The van der Waals surface area contributed by atoms with E-state index in [2.05, 4.69) is 28.0 Å². The summed E-state index contributed by atoms with van der Waals surface area (Å²) in [7, 11) is 0. The lowest BCUT2D eigenvalue weighted by Gasteiger charge is -2.17. The zero-order valence-electron chi connectivity index (χ0n) is 17.0. The van der Waals surface area contributed by atoms with Gasteiger partial charge in [-0.3, -0.25) is 0 Å². The number of alkyl halides is 3. The second-order valence-electron chi connectivity index (χ2n) is 8.46. The van der Waals surface area contributed by atoms with Gasteiger partial charge in [0.15, 0.2) is 0 Å². The summed E-state index contributed by atoms with van der Waals surface area (Å²) in [5.41, 5.74) is 7.21. The van der Waals surface area contributed by atoms with Gasteiger partial charge in [-0.25, -0.2) is 0 Å². The van der Waals surface area contributed by atoms with Crippen LogP contribution in [0.15, 0.2) is 53.1 Å². The molecule has 2 unspecified atom stereocenters. The van der Waals surface area contributed by atoms with Gasteiger partial charge in [0, 0.05) is 30.4 Å². The van der Waals surface area contributed by atoms with Crippen LogP contribution in [0.25, 0.3) is 22.8 Å². The summed E-state index contributed by atoms with van der Waals surface area (Å²) in [6.45, 7) is 0.108. The van der Waals surface area contributed by atoms with Crippen LogP contribution < -0.4 is 5.73 Å². The molecule has 0 bridgehead atoms. The van der Waals surface area contributed by atoms with Crippen LogP contribution >= 0.6 is 0 Å². The van der Waals surface area contributed by atoms with Crippen molar-refractivity contribution in [3.05, 3.63) is 59.7 Å². The van der Waals surface area contributed by atoms with E-state index in [9.17, 15) is 18.3 Å². The predicted octanol–water partition coefficient (Wildman–Crippen LogP) is 4.14. The number of aliphatic hydroxyl groups is 1. The molecule has 1 aliphatic carbocycles. The largest absolute Gasteiger partial charge is 0.390 e. The fraction of sp³-hybridized carbons (Fsp3) is 0.391. The Bertz CT molecular complexity index is 1020.